The maximum absolute atomic E-state index is 7.05. The third-order valence-electron chi connectivity index (χ3n) is 10.3. The zero-order chi connectivity index (χ0) is 34.4. The Hall–Kier alpha value is -6.90. The van der Waals surface area contributed by atoms with Gasteiger partial charge in [0.1, 0.15) is 11.2 Å². The van der Waals surface area contributed by atoms with Gasteiger partial charge in [0.25, 0.3) is 0 Å². The first-order valence-corrected chi connectivity index (χ1v) is 17.8. The van der Waals surface area contributed by atoms with E-state index >= 15 is 0 Å². The Morgan fingerprint density at radius 2 is 0.846 bits per heavy atom. The summed E-state index contributed by atoms with van der Waals surface area (Å²) in [7, 11) is 0. The second-order valence-electron chi connectivity index (χ2n) is 13.3. The van der Waals surface area contributed by atoms with Crippen molar-refractivity contribution in [2.24, 2.45) is 0 Å². The molecule has 1 aromatic heterocycles. The molecule has 10 aromatic rings. The number of hydrogen-bond acceptors (Lipinski definition) is 2. The first-order chi connectivity index (χ1) is 25.8. The summed E-state index contributed by atoms with van der Waals surface area (Å²) in [5.74, 6) is 0. The van der Waals surface area contributed by atoms with Gasteiger partial charge in [-0.3, -0.25) is 0 Å². The van der Waals surface area contributed by atoms with Crippen LogP contribution in [0.2, 0.25) is 0 Å². The highest BCUT2D eigenvalue weighted by molar-refractivity contribution is 6.22. The summed E-state index contributed by atoms with van der Waals surface area (Å²) in [6, 6.07) is 71.6. The van der Waals surface area contributed by atoms with E-state index in [0.717, 1.165) is 60.9 Å². The fourth-order valence-corrected chi connectivity index (χ4v) is 7.66. The van der Waals surface area contributed by atoms with Crippen LogP contribution >= 0.6 is 0 Å². The van der Waals surface area contributed by atoms with Crippen LogP contribution < -0.4 is 4.90 Å². The topological polar surface area (TPSA) is 16.4 Å². The van der Waals surface area contributed by atoms with E-state index in [-0.39, 0.29) is 0 Å². The summed E-state index contributed by atoms with van der Waals surface area (Å²) in [6.45, 7) is 0. The minimum Gasteiger partial charge on any atom is -0.455 e. The van der Waals surface area contributed by atoms with Crippen LogP contribution in [0.15, 0.2) is 205 Å². The lowest BCUT2D eigenvalue weighted by Crippen LogP contribution is -2.10. The molecular weight excluding hydrogens is 631 g/mol. The highest BCUT2D eigenvalue weighted by Crippen LogP contribution is 2.48. The predicted molar refractivity (Wildman–Crippen MR) is 220 cm³/mol. The van der Waals surface area contributed by atoms with Gasteiger partial charge in [0, 0.05) is 27.7 Å². The van der Waals surface area contributed by atoms with Crippen LogP contribution in [0.25, 0.3) is 76.9 Å². The van der Waals surface area contributed by atoms with Crippen molar-refractivity contribution in [2.45, 2.75) is 0 Å². The Balaban J connectivity index is 1.23. The lowest BCUT2D eigenvalue weighted by molar-refractivity contribution is 0.674. The number of fused-ring (bicyclic) bond motifs is 6. The third kappa shape index (κ3) is 5.12. The van der Waals surface area contributed by atoms with Crippen molar-refractivity contribution in [3.8, 4) is 33.4 Å². The largest absolute Gasteiger partial charge is 0.455 e. The van der Waals surface area contributed by atoms with Crippen LogP contribution in [0.1, 0.15) is 0 Å². The Morgan fingerprint density at radius 3 is 1.50 bits per heavy atom. The van der Waals surface area contributed by atoms with Crippen LogP contribution in [0.4, 0.5) is 17.1 Å². The van der Waals surface area contributed by atoms with Gasteiger partial charge in [-0.05, 0) is 92.5 Å². The summed E-state index contributed by atoms with van der Waals surface area (Å²) in [5, 5.41) is 6.88. The number of rotatable bonds is 6. The quantitative estimate of drug-likeness (QED) is 0.176. The number of nitrogens with zero attached hydrogens (tertiary/aromatic N) is 1. The molecule has 1 heterocycles. The monoisotopic (exact) mass is 663 g/mol. The molecule has 0 aliphatic carbocycles. The lowest BCUT2D eigenvalue weighted by atomic mass is 9.97. The minimum absolute atomic E-state index is 0.881. The fraction of sp³-hybridized carbons (Fsp3) is 0. The van der Waals surface area contributed by atoms with Gasteiger partial charge >= 0.3 is 0 Å². The SMILES string of the molecule is c1ccc(-c2ccc(N(c3ccc(-c4ccccc4)cc3)c3ccc(-c4ccc5ccccc5c4)c4oc5c6ccccc6ccc5c34)cc2)cc1. The maximum atomic E-state index is 7.05. The highest BCUT2D eigenvalue weighted by atomic mass is 16.3. The summed E-state index contributed by atoms with van der Waals surface area (Å²) in [5.41, 5.74) is 11.9. The molecule has 0 fully saturated rings. The molecule has 0 spiro atoms. The van der Waals surface area contributed by atoms with E-state index in [1.807, 2.05) is 0 Å². The maximum Gasteiger partial charge on any atom is 0.145 e. The predicted octanol–water partition coefficient (Wildman–Crippen LogP) is 14.4. The summed E-state index contributed by atoms with van der Waals surface area (Å²) in [4.78, 5) is 2.38. The van der Waals surface area contributed by atoms with E-state index in [1.54, 1.807) is 0 Å². The fourth-order valence-electron chi connectivity index (χ4n) is 7.66. The molecule has 9 aromatic carbocycles. The molecule has 0 amide bonds. The van der Waals surface area contributed by atoms with Gasteiger partial charge in [-0.1, -0.05) is 152 Å². The molecule has 0 bridgehead atoms. The molecule has 0 aliphatic heterocycles. The van der Waals surface area contributed by atoms with Gasteiger partial charge in [-0.2, -0.15) is 0 Å². The zero-order valence-electron chi connectivity index (χ0n) is 28.4. The van der Waals surface area contributed by atoms with Crippen molar-refractivity contribution >= 4 is 60.5 Å². The highest BCUT2D eigenvalue weighted by Gasteiger charge is 2.23. The molecule has 2 nitrogen and oxygen atoms in total. The molecule has 52 heavy (non-hydrogen) atoms. The molecule has 10 rings (SSSR count). The van der Waals surface area contributed by atoms with Gasteiger partial charge in [-0.25, -0.2) is 0 Å². The van der Waals surface area contributed by atoms with Gasteiger partial charge in [0.05, 0.1) is 11.1 Å². The van der Waals surface area contributed by atoms with Crippen LogP contribution in [-0.4, -0.2) is 0 Å². The third-order valence-corrected chi connectivity index (χ3v) is 10.3. The normalized spacial score (nSPS) is 11.5. The smallest absolute Gasteiger partial charge is 0.145 e. The second-order valence-corrected chi connectivity index (χ2v) is 13.3. The summed E-state index contributed by atoms with van der Waals surface area (Å²) < 4.78 is 7.05. The standard InChI is InChI=1S/C50H33NO/c1-3-11-34(12-4-1)37-21-26-42(27-22-37)51(43-28-23-38(24-29-43)35-13-5-2-6-14-35)47-32-31-45(41-20-19-36-15-7-8-17-40(36)33-41)50-48(47)46-30-25-39-16-9-10-18-44(39)49(46)52-50/h1-33H. The molecule has 0 radical (unpaired) electrons. The number of anilines is 3. The number of hydrogen-bond donors (Lipinski definition) is 0. The lowest BCUT2D eigenvalue weighted by Gasteiger charge is -2.27. The molecule has 0 unspecified atom stereocenters. The van der Waals surface area contributed by atoms with Crippen molar-refractivity contribution in [3.63, 3.8) is 0 Å². The van der Waals surface area contributed by atoms with Crippen LogP contribution in [0.3, 0.4) is 0 Å². The Kier molecular flexibility index (Phi) is 7.18. The van der Waals surface area contributed by atoms with E-state index in [4.69, 9.17) is 4.42 Å². The zero-order valence-corrected chi connectivity index (χ0v) is 28.4. The average molecular weight is 664 g/mol. The summed E-state index contributed by atoms with van der Waals surface area (Å²) in [6.07, 6.45) is 0. The summed E-state index contributed by atoms with van der Waals surface area (Å²) >= 11 is 0. The molecule has 0 saturated heterocycles. The van der Waals surface area contributed by atoms with Gasteiger partial charge in [-0.15, -0.1) is 0 Å². The average Bonchev–Trinajstić information content (AvgIpc) is 3.63. The van der Waals surface area contributed by atoms with E-state index in [1.165, 1.54) is 33.0 Å². The molecule has 244 valence electrons. The minimum atomic E-state index is 0.881. The van der Waals surface area contributed by atoms with Crippen molar-refractivity contribution < 1.29 is 4.42 Å². The molecule has 0 atom stereocenters. The molecule has 0 aliphatic rings. The Labute approximate surface area is 302 Å². The van der Waals surface area contributed by atoms with Crippen molar-refractivity contribution in [1.82, 2.24) is 0 Å². The molecular formula is C50H33NO. The number of furan rings is 1. The van der Waals surface area contributed by atoms with Gasteiger partial charge in [0.2, 0.25) is 0 Å². The molecule has 0 N–H and O–H groups in total. The van der Waals surface area contributed by atoms with Crippen LogP contribution in [0.5, 0.6) is 0 Å². The Morgan fingerprint density at radius 1 is 0.327 bits per heavy atom. The van der Waals surface area contributed by atoms with Crippen molar-refractivity contribution in [1.29, 1.82) is 0 Å². The van der Waals surface area contributed by atoms with Crippen LogP contribution in [0, 0.1) is 0 Å². The first kappa shape index (κ1) is 30.0. The van der Waals surface area contributed by atoms with E-state index < -0.39 is 0 Å². The van der Waals surface area contributed by atoms with E-state index in [0.29, 0.717) is 0 Å². The Bertz CT molecular complexity index is 2790. The van der Waals surface area contributed by atoms with Crippen molar-refractivity contribution in [3.05, 3.63) is 200 Å². The first-order valence-electron chi connectivity index (χ1n) is 17.8. The molecule has 2 heteroatoms. The van der Waals surface area contributed by atoms with Crippen molar-refractivity contribution in [2.75, 3.05) is 4.90 Å². The van der Waals surface area contributed by atoms with Gasteiger partial charge in [0.15, 0.2) is 0 Å². The van der Waals surface area contributed by atoms with E-state index in [9.17, 15) is 0 Å². The molecule has 0 saturated carbocycles. The second kappa shape index (κ2) is 12.5. The number of benzene rings is 9. The van der Waals surface area contributed by atoms with E-state index in [2.05, 4.69) is 205 Å². The van der Waals surface area contributed by atoms with Crippen LogP contribution in [-0.2, 0) is 0 Å². The van der Waals surface area contributed by atoms with Gasteiger partial charge < -0.3 is 9.32 Å².